The number of likely N-dealkylation sites (tertiary alicyclic amines) is 2. The number of nitrogens with one attached hydrogen (secondary N) is 1. The minimum absolute atomic E-state index is 0.162. The molecule has 1 saturated carbocycles. The largest absolute Gasteiger partial charge is 0.449 e. The third-order valence-corrected chi connectivity index (χ3v) is 8.14. The normalized spacial score (nSPS) is 23.5. The lowest BCUT2D eigenvalue weighted by Gasteiger charge is -2.35. The van der Waals surface area contributed by atoms with Crippen molar-refractivity contribution in [1.82, 2.24) is 20.1 Å². The topological polar surface area (TPSA) is 78.7 Å². The molecule has 1 aliphatic carbocycles. The fourth-order valence-electron chi connectivity index (χ4n) is 5.72. The first kappa shape index (κ1) is 21.4. The lowest BCUT2D eigenvalue weighted by Crippen LogP contribution is -2.42. The molecule has 4 heterocycles. The molecule has 1 spiro atoms. The molecule has 2 aromatic heterocycles. The minimum Gasteiger partial charge on any atom is -0.449 e. The zero-order chi connectivity index (χ0) is 22.1. The number of hydrogen-bond donors (Lipinski definition) is 1. The number of carbonyl (C=O) groups excluding carboxylic acids is 2. The summed E-state index contributed by atoms with van der Waals surface area (Å²) in [5.74, 6) is 1.59. The molecule has 2 aromatic rings. The molecule has 0 bridgehead atoms. The molecule has 172 valence electrons. The molecule has 3 aliphatic rings. The summed E-state index contributed by atoms with van der Waals surface area (Å²) in [7, 11) is 0. The van der Waals surface area contributed by atoms with E-state index >= 15 is 0 Å². The zero-order valence-electron chi connectivity index (χ0n) is 19.0. The monoisotopic (exact) mass is 438 g/mol. The molecule has 3 fully saturated rings. The van der Waals surface area contributed by atoms with Crippen LogP contribution in [0.15, 0.2) is 28.9 Å². The van der Waals surface area contributed by atoms with Crippen LogP contribution in [0.1, 0.15) is 56.0 Å². The van der Waals surface area contributed by atoms with E-state index in [9.17, 15) is 9.59 Å². The maximum atomic E-state index is 12.8. The van der Waals surface area contributed by atoms with Crippen LogP contribution in [0, 0.1) is 17.3 Å². The van der Waals surface area contributed by atoms with Crippen LogP contribution in [0.4, 0.5) is 0 Å². The summed E-state index contributed by atoms with van der Waals surface area (Å²) in [6.07, 6.45) is 9.62. The second-order valence-corrected chi connectivity index (χ2v) is 9.96. The first-order chi connectivity index (χ1) is 15.6. The standard InChI is InChI=1S/C25H34N4O3/c1-2-28-9-4-18(5-10-28)13-23(30)29-11-6-25(7-12-29)15-20(25)16-27-24(31)21-14-19-3-8-26-17-22(19)32-21/h3,8,14,17-18,20H,2,4-7,9-13,15-16H2,1H3,(H,27,31). The van der Waals surface area contributed by atoms with Crippen molar-refractivity contribution in [1.29, 1.82) is 0 Å². The maximum Gasteiger partial charge on any atom is 0.287 e. The van der Waals surface area contributed by atoms with Gasteiger partial charge in [0.15, 0.2) is 11.3 Å². The Kier molecular flexibility index (Phi) is 5.93. The van der Waals surface area contributed by atoms with E-state index in [4.69, 9.17) is 4.42 Å². The van der Waals surface area contributed by atoms with Crippen molar-refractivity contribution in [3.63, 3.8) is 0 Å². The van der Waals surface area contributed by atoms with E-state index in [-0.39, 0.29) is 5.91 Å². The average molecular weight is 439 g/mol. The van der Waals surface area contributed by atoms with E-state index in [2.05, 4.69) is 27.0 Å². The summed E-state index contributed by atoms with van der Waals surface area (Å²) >= 11 is 0. The first-order valence-corrected chi connectivity index (χ1v) is 12.2. The summed E-state index contributed by atoms with van der Waals surface area (Å²) in [6.45, 7) is 8.01. The summed E-state index contributed by atoms with van der Waals surface area (Å²) in [5.41, 5.74) is 0.947. The maximum absolute atomic E-state index is 12.8. The van der Waals surface area contributed by atoms with E-state index < -0.39 is 0 Å². The Morgan fingerprint density at radius 1 is 1.22 bits per heavy atom. The number of carbonyl (C=O) groups is 2. The van der Waals surface area contributed by atoms with Gasteiger partial charge in [-0.05, 0) is 81.1 Å². The number of nitrogens with zero attached hydrogens (tertiary/aromatic N) is 3. The number of pyridine rings is 1. The number of aromatic nitrogens is 1. The van der Waals surface area contributed by atoms with Gasteiger partial charge in [0.05, 0.1) is 6.20 Å². The van der Waals surface area contributed by atoms with Gasteiger partial charge < -0.3 is 19.5 Å². The summed E-state index contributed by atoms with van der Waals surface area (Å²) in [4.78, 5) is 33.9. The third-order valence-electron chi connectivity index (χ3n) is 8.14. The Balaban J connectivity index is 1.05. The van der Waals surface area contributed by atoms with Crippen molar-refractivity contribution in [2.24, 2.45) is 17.3 Å². The molecule has 2 aliphatic heterocycles. The molecule has 0 radical (unpaired) electrons. The molecule has 0 aromatic carbocycles. The first-order valence-electron chi connectivity index (χ1n) is 12.2. The molecule has 7 heteroatoms. The van der Waals surface area contributed by atoms with E-state index in [0.29, 0.717) is 41.0 Å². The molecule has 5 rings (SSSR count). The third kappa shape index (κ3) is 4.40. The summed E-state index contributed by atoms with van der Waals surface area (Å²) < 4.78 is 5.61. The molecular weight excluding hydrogens is 404 g/mol. The molecule has 2 saturated heterocycles. The fourth-order valence-corrected chi connectivity index (χ4v) is 5.72. The fraction of sp³-hybridized carbons (Fsp3) is 0.640. The van der Waals surface area contributed by atoms with Crippen molar-refractivity contribution in [2.45, 2.75) is 45.4 Å². The SMILES string of the molecule is CCN1CCC(CC(=O)N2CCC3(CC2)CC3CNC(=O)c2cc3ccncc3o2)CC1. The summed E-state index contributed by atoms with van der Waals surface area (Å²) in [6, 6.07) is 3.61. The van der Waals surface area contributed by atoms with Gasteiger partial charge in [0, 0.05) is 37.6 Å². The van der Waals surface area contributed by atoms with Crippen molar-refractivity contribution in [3.05, 3.63) is 30.3 Å². The van der Waals surface area contributed by atoms with Crippen molar-refractivity contribution in [3.8, 4) is 0 Å². The highest BCUT2D eigenvalue weighted by atomic mass is 16.3. The van der Waals surface area contributed by atoms with E-state index in [0.717, 1.165) is 76.6 Å². The summed E-state index contributed by atoms with van der Waals surface area (Å²) in [5, 5.41) is 3.94. The lowest BCUT2D eigenvalue weighted by molar-refractivity contribution is -0.134. The highest BCUT2D eigenvalue weighted by molar-refractivity contribution is 5.95. The predicted molar refractivity (Wildman–Crippen MR) is 122 cm³/mol. The lowest BCUT2D eigenvalue weighted by atomic mass is 9.89. The van der Waals surface area contributed by atoms with Crippen LogP contribution in [0.2, 0.25) is 0 Å². The van der Waals surface area contributed by atoms with E-state index in [1.807, 2.05) is 6.07 Å². The second-order valence-electron chi connectivity index (χ2n) is 9.96. The predicted octanol–water partition coefficient (Wildman–Crippen LogP) is 3.31. The Hall–Kier alpha value is -2.41. The van der Waals surface area contributed by atoms with Crippen LogP contribution in [0.25, 0.3) is 11.0 Å². The van der Waals surface area contributed by atoms with Gasteiger partial charge in [-0.15, -0.1) is 0 Å². The second kappa shape index (κ2) is 8.85. The molecule has 7 nitrogen and oxygen atoms in total. The number of rotatable bonds is 6. The number of fused-ring (bicyclic) bond motifs is 1. The molecular formula is C25H34N4O3. The number of piperidine rings is 2. The molecule has 32 heavy (non-hydrogen) atoms. The average Bonchev–Trinajstić information content (AvgIpc) is 3.29. The molecule has 1 N–H and O–H groups in total. The Bertz CT molecular complexity index is 937. The van der Waals surface area contributed by atoms with Gasteiger partial charge >= 0.3 is 0 Å². The van der Waals surface area contributed by atoms with Crippen molar-refractivity contribution < 1.29 is 14.0 Å². The molecule has 1 atom stereocenters. The van der Waals surface area contributed by atoms with Crippen LogP contribution >= 0.6 is 0 Å². The Labute approximate surface area is 189 Å². The van der Waals surface area contributed by atoms with Crippen molar-refractivity contribution >= 4 is 22.8 Å². The number of furan rings is 1. The van der Waals surface area contributed by atoms with Crippen LogP contribution in [-0.2, 0) is 4.79 Å². The van der Waals surface area contributed by atoms with Crippen LogP contribution in [0.3, 0.4) is 0 Å². The number of hydrogen-bond acceptors (Lipinski definition) is 5. The van der Waals surface area contributed by atoms with Crippen molar-refractivity contribution in [2.75, 3.05) is 39.3 Å². The van der Waals surface area contributed by atoms with Gasteiger partial charge in [0.1, 0.15) is 0 Å². The molecule has 2 amide bonds. The molecule has 1 unspecified atom stereocenters. The van der Waals surface area contributed by atoms with E-state index in [1.165, 1.54) is 0 Å². The van der Waals surface area contributed by atoms with Gasteiger partial charge in [0.25, 0.3) is 5.91 Å². The Morgan fingerprint density at radius 2 is 2.00 bits per heavy atom. The van der Waals surface area contributed by atoms with E-state index in [1.54, 1.807) is 18.5 Å². The van der Waals surface area contributed by atoms with Gasteiger partial charge in [-0.25, -0.2) is 0 Å². The van der Waals surface area contributed by atoms with Crippen LogP contribution < -0.4 is 5.32 Å². The zero-order valence-corrected chi connectivity index (χ0v) is 19.0. The highest BCUT2D eigenvalue weighted by Crippen LogP contribution is 2.59. The Morgan fingerprint density at radius 3 is 2.72 bits per heavy atom. The highest BCUT2D eigenvalue weighted by Gasteiger charge is 2.54. The minimum atomic E-state index is -0.162. The smallest absolute Gasteiger partial charge is 0.287 e. The van der Waals surface area contributed by atoms with Gasteiger partial charge in [0.2, 0.25) is 5.91 Å². The quantitative estimate of drug-likeness (QED) is 0.749. The van der Waals surface area contributed by atoms with Crippen LogP contribution in [0.5, 0.6) is 0 Å². The van der Waals surface area contributed by atoms with Gasteiger partial charge in [-0.1, -0.05) is 6.92 Å². The van der Waals surface area contributed by atoms with Crippen LogP contribution in [-0.4, -0.2) is 65.9 Å². The number of amides is 2. The van der Waals surface area contributed by atoms with Gasteiger partial charge in [-0.2, -0.15) is 0 Å². The van der Waals surface area contributed by atoms with Gasteiger partial charge in [-0.3, -0.25) is 14.6 Å².